The second kappa shape index (κ2) is 7.00. The van der Waals surface area contributed by atoms with E-state index in [0.29, 0.717) is 43.4 Å². The van der Waals surface area contributed by atoms with Crippen molar-refractivity contribution in [3.05, 3.63) is 47.9 Å². The van der Waals surface area contributed by atoms with Gasteiger partial charge in [-0.15, -0.1) is 0 Å². The van der Waals surface area contributed by atoms with E-state index in [-0.39, 0.29) is 17.8 Å². The lowest BCUT2D eigenvalue weighted by atomic mass is 10.1. The van der Waals surface area contributed by atoms with Crippen molar-refractivity contribution < 1.29 is 18.3 Å². The van der Waals surface area contributed by atoms with Crippen molar-refractivity contribution in [2.45, 2.75) is 19.6 Å². The third kappa shape index (κ3) is 3.26. The van der Waals surface area contributed by atoms with Gasteiger partial charge in [0.15, 0.2) is 11.6 Å². The molecule has 0 N–H and O–H groups in total. The van der Waals surface area contributed by atoms with E-state index in [2.05, 4.69) is 4.98 Å². The summed E-state index contributed by atoms with van der Waals surface area (Å²) in [6.45, 7) is 3.86. The highest BCUT2D eigenvalue weighted by Gasteiger charge is 2.30. The zero-order valence-electron chi connectivity index (χ0n) is 13.7. The molecule has 1 aliphatic heterocycles. The highest BCUT2D eigenvalue weighted by molar-refractivity contribution is 5.91. The molecule has 24 heavy (non-hydrogen) atoms. The van der Waals surface area contributed by atoms with Crippen LogP contribution in [0.2, 0.25) is 0 Å². The van der Waals surface area contributed by atoms with E-state index < -0.39 is 0 Å². The molecule has 1 unspecified atom stereocenters. The second-order valence-electron chi connectivity index (χ2n) is 5.82. The zero-order valence-corrected chi connectivity index (χ0v) is 13.7. The Morgan fingerprint density at radius 1 is 1.42 bits per heavy atom. The number of aromatic nitrogens is 1. The van der Waals surface area contributed by atoms with E-state index >= 15 is 0 Å². The summed E-state index contributed by atoms with van der Waals surface area (Å²) in [7, 11) is 1.57. The summed E-state index contributed by atoms with van der Waals surface area (Å²) in [4.78, 5) is 20.0. The SMILES string of the molecule is COCc1ccc(C(=O)N2CCN(c3ccncc3F)C(C)C2)o1. The predicted molar refractivity (Wildman–Crippen MR) is 86.3 cm³/mol. The van der Waals surface area contributed by atoms with Crippen LogP contribution in [0.25, 0.3) is 0 Å². The first-order chi connectivity index (χ1) is 11.6. The summed E-state index contributed by atoms with van der Waals surface area (Å²) in [6.07, 6.45) is 2.78. The molecule has 0 spiro atoms. The first kappa shape index (κ1) is 16.4. The molecule has 3 heterocycles. The Hall–Kier alpha value is -2.41. The predicted octanol–water partition coefficient (Wildman–Crippen LogP) is 2.31. The Balaban J connectivity index is 1.68. The number of hydrogen-bond donors (Lipinski definition) is 0. The molecular weight excluding hydrogens is 313 g/mol. The number of nitrogens with zero attached hydrogens (tertiary/aromatic N) is 3. The molecule has 1 saturated heterocycles. The van der Waals surface area contributed by atoms with Gasteiger partial charge < -0.3 is 19.0 Å². The Bertz CT molecular complexity index is 719. The molecule has 0 bridgehead atoms. The van der Waals surface area contributed by atoms with Crippen molar-refractivity contribution >= 4 is 11.6 Å². The Morgan fingerprint density at radius 2 is 2.25 bits per heavy atom. The number of carbonyl (C=O) groups excluding carboxylic acids is 1. The number of anilines is 1. The molecule has 128 valence electrons. The molecule has 0 saturated carbocycles. The van der Waals surface area contributed by atoms with E-state index in [1.807, 2.05) is 11.8 Å². The van der Waals surface area contributed by atoms with Crippen LogP contribution in [0.15, 0.2) is 35.0 Å². The number of pyridine rings is 1. The van der Waals surface area contributed by atoms with Crippen LogP contribution < -0.4 is 4.90 Å². The number of rotatable bonds is 4. The quantitative estimate of drug-likeness (QED) is 0.859. The van der Waals surface area contributed by atoms with E-state index in [4.69, 9.17) is 9.15 Å². The van der Waals surface area contributed by atoms with Crippen molar-refractivity contribution in [1.82, 2.24) is 9.88 Å². The number of amides is 1. The van der Waals surface area contributed by atoms with Crippen molar-refractivity contribution in [2.75, 3.05) is 31.6 Å². The lowest BCUT2D eigenvalue weighted by molar-refractivity contribution is 0.0686. The van der Waals surface area contributed by atoms with Gasteiger partial charge in [0, 0.05) is 39.0 Å². The van der Waals surface area contributed by atoms with Crippen LogP contribution in [-0.4, -0.2) is 48.6 Å². The summed E-state index contributed by atoms with van der Waals surface area (Å²) in [5.74, 6) is 0.419. The fourth-order valence-corrected chi connectivity index (χ4v) is 2.97. The lowest BCUT2D eigenvalue weighted by Crippen LogP contribution is -2.54. The van der Waals surface area contributed by atoms with Crippen molar-refractivity contribution in [3.8, 4) is 0 Å². The molecule has 1 amide bonds. The molecule has 3 rings (SSSR count). The van der Waals surface area contributed by atoms with Gasteiger partial charge in [-0.3, -0.25) is 9.78 Å². The van der Waals surface area contributed by atoms with Gasteiger partial charge in [-0.05, 0) is 25.1 Å². The zero-order chi connectivity index (χ0) is 17.1. The van der Waals surface area contributed by atoms with Gasteiger partial charge in [0.2, 0.25) is 0 Å². The fraction of sp³-hybridized carbons (Fsp3) is 0.412. The molecule has 0 radical (unpaired) electrons. The van der Waals surface area contributed by atoms with Gasteiger partial charge in [0.05, 0.1) is 11.9 Å². The molecule has 0 aromatic carbocycles. The van der Waals surface area contributed by atoms with E-state index in [1.54, 1.807) is 36.4 Å². The smallest absolute Gasteiger partial charge is 0.289 e. The minimum absolute atomic E-state index is 0.00647. The molecule has 7 heteroatoms. The molecule has 1 aliphatic rings. The highest BCUT2D eigenvalue weighted by atomic mass is 19.1. The van der Waals surface area contributed by atoms with Gasteiger partial charge >= 0.3 is 0 Å². The van der Waals surface area contributed by atoms with Crippen molar-refractivity contribution in [2.24, 2.45) is 0 Å². The average Bonchev–Trinajstić information content (AvgIpc) is 3.04. The topological polar surface area (TPSA) is 58.8 Å². The molecule has 2 aromatic heterocycles. The van der Waals surface area contributed by atoms with E-state index in [0.717, 1.165) is 0 Å². The maximum atomic E-state index is 13.9. The maximum absolute atomic E-state index is 13.9. The second-order valence-corrected chi connectivity index (χ2v) is 5.82. The normalized spacial score (nSPS) is 18.0. The molecule has 6 nitrogen and oxygen atoms in total. The molecule has 0 aliphatic carbocycles. The van der Waals surface area contributed by atoms with E-state index in [1.165, 1.54) is 6.20 Å². The van der Waals surface area contributed by atoms with Gasteiger partial charge in [0.1, 0.15) is 12.4 Å². The van der Waals surface area contributed by atoms with Crippen molar-refractivity contribution in [1.29, 1.82) is 0 Å². The molecule has 1 fully saturated rings. The number of methoxy groups -OCH3 is 1. The Labute approximate surface area is 139 Å². The summed E-state index contributed by atoms with van der Waals surface area (Å²) in [6, 6.07) is 5.05. The highest BCUT2D eigenvalue weighted by Crippen LogP contribution is 2.24. The fourth-order valence-electron chi connectivity index (χ4n) is 2.97. The van der Waals surface area contributed by atoms with Gasteiger partial charge in [-0.1, -0.05) is 0 Å². The average molecular weight is 333 g/mol. The maximum Gasteiger partial charge on any atom is 0.289 e. The molecule has 2 aromatic rings. The number of hydrogen-bond acceptors (Lipinski definition) is 5. The van der Waals surface area contributed by atoms with E-state index in [9.17, 15) is 9.18 Å². The minimum atomic E-state index is -0.348. The van der Waals surface area contributed by atoms with Crippen LogP contribution in [-0.2, 0) is 11.3 Å². The number of halogens is 1. The van der Waals surface area contributed by atoms with Gasteiger partial charge in [-0.2, -0.15) is 0 Å². The standard InChI is InChI=1S/C17H20FN3O3/c1-12-10-20(17(22)16-4-3-13(24-16)11-23-2)7-8-21(12)15-5-6-19-9-14(15)18/h3-6,9,12H,7-8,10-11H2,1-2H3. The van der Waals surface area contributed by atoms with Crippen LogP contribution in [0.5, 0.6) is 0 Å². The van der Waals surface area contributed by atoms with Crippen LogP contribution in [0.3, 0.4) is 0 Å². The van der Waals surface area contributed by atoms with Crippen LogP contribution in [0.1, 0.15) is 23.2 Å². The van der Waals surface area contributed by atoms with Gasteiger partial charge in [-0.25, -0.2) is 4.39 Å². The molecular formula is C17H20FN3O3. The number of ether oxygens (including phenoxy) is 1. The Kier molecular flexibility index (Phi) is 4.80. The monoisotopic (exact) mass is 333 g/mol. The number of carbonyl (C=O) groups is 1. The van der Waals surface area contributed by atoms with Crippen LogP contribution in [0, 0.1) is 5.82 Å². The summed E-state index contributed by atoms with van der Waals surface area (Å²) in [5.41, 5.74) is 0.518. The first-order valence-electron chi connectivity index (χ1n) is 7.83. The number of furan rings is 1. The summed E-state index contributed by atoms with van der Waals surface area (Å²) in [5, 5.41) is 0. The van der Waals surface area contributed by atoms with Crippen LogP contribution >= 0.6 is 0 Å². The van der Waals surface area contributed by atoms with Crippen molar-refractivity contribution in [3.63, 3.8) is 0 Å². The third-order valence-electron chi connectivity index (χ3n) is 4.13. The largest absolute Gasteiger partial charge is 0.453 e. The molecule has 1 atom stereocenters. The Morgan fingerprint density at radius 3 is 2.96 bits per heavy atom. The summed E-state index contributed by atoms with van der Waals surface area (Å²) < 4.78 is 24.4. The van der Waals surface area contributed by atoms with Gasteiger partial charge in [0.25, 0.3) is 5.91 Å². The summed E-state index contributed by atoms with van der Waals surface area (Å²) >= 11 is 0. The third-order valence-corrected chi connectivity index (χ3v) is 4.13. The lowest BCUT2D eigenvalue weighted by Gasteiger charge is -2.41. The number of piperazine rings is 1. The van der Waals surface area contributed by atoms with Crippen LogP contribution in [0.4, 0.5) is 10.1 Å². The first-order valence-corrected chi connectivity index (χ1v) is 7.83. The minimum Gasteiger partial charge on any atom is -0.453 e.